The molecule has 0 saturated carbocycles. The van der Waals surface area contributed by atoms with Crippen molar-refractivity contribution in [1.82, 2.24) is 4.90 Å². The molecule has 20 heavy (non-hydrogen) atoms. The van der Waals surface area contributed by atoms with Crippen LogP contribution in [0.5, 0.6) is 5.75 Å². The molecule has 0 N–H and O–H groups in total. The Kier molecular flexibility index (Phi) is 5.22. The zero-order valence-corrected chi connectivity index (χ0v) is 12.3. The number of allylic oxidation sites excluding steroid dienone is 2. The number of carbonyl (C=O) groups is 1. The molecule has 3 nitrogen and oxygen atoms in total. The highest BCUT2D eigenvalue weighted by molar-refractivity contribution is 5.78. The first kappa shape index (κ1) is 14.6. The number of ether oxygens (including phenoxy) is 1. The standard InChI is InChI=1S/C17H23NO2/c1-3-20-16-11-9-14(10-12-16)13-18(2)17(19)15-7-5-4-6-8-15/h4-5,9-12,15H,3,6-8,13H2,1-2H3. The van der Waals surface area contributed by atoms with Crippen LogP contribution in [-0.4, -0.2) is 24.5 Å². The second-order valence-corrected chi connectivity index (χ2v) is 5.25. The number of hydrogen-bond donors (Lipinski definition) is 0. The molecule has 0 spiro atoms. The van der Waals surface area contributed by atoms with Gasteiger partial charge in [-0.15, -0.1) is 0 Å². The van der Waals surface area contributed by atoms with Crippen molar-refractivity contribution in [2.75, 3.05) is 13.7 Å². The van der Waals surface area contributed by atoms with Gasteiger partial charge in [-0.05, 0) is 43.9 Å². The number of amides is 1. The van der Waals surface area contributed by atoms with Gasteiger partial charge in [-0.3, -0.25) is 4.79 Å². The van der Waals surface area contributed by atoms with E-state index < -0.39 is 0 Å². The zero-order chi connectivity index (χ0) is 14.4. The van der Waals surface area contributed by atoms with Crippen LogP contribution in [0.25, 0.3) is 0 Å². The van der Waals surface area contributed by atoms with Gasteiger partial charge in [-0.1, -0.05) is 24.3 Å². The van der Waals surface area contributed by atoms with E-state index in [0.717, 1.165) is 30.6 Å². The van der Waals surface area contributed by atoms with Gasteiger partial charge in [0.15, 0.2) is 0 Å². The molecule has 0 fully saturated rings. The normalized spacial score (nSPS) is 17.8. The summed E-state index contributed by atoms with van der Waals surface area (Å²) in [5.41, 5.74) is 1.13. The van der Waals surface area contributed by atoms with Gasteiger partial charge in [0.2, 0.25) is 5.91 Å². The van der Waals surface area contributed by atoms with E-state index in [1.165, 1.54) is 0 Å². The van der Waals surface area contributed by atoms with E-state index in [1.54, 1.807) is 0 Å². The van der Waals surface area contributed by atoms with Crippen molar-refractivity contribution in [3.8, 4) is 5.75 Å². The number of rotatable bonds is 5. The molecule has 3 heteroatoms. The van der Waals surface area contributed by atoms with Gasteiger partial charge < -0.3 is 9.64 Å². The molecule has 1 amide bonds. The average Bonchev–Trinajstić information content (AvgIpc) is 2.49. The first-order valence-electron chi connectivity index (χ1n) is 7.32. The van der Waals surface area contributed by atoms with Gasteiger partial charge in [-0.25, -0.2) is 0 Å². The molecule has 1 aromatic carbocycles. The molecule has 0 aliphatic heterocycles. The fraction of sp³-hybridized carbons (Fsp3) is 0.471. The average molecular weight is 273 g/mol. The molecule has 0 heterocycles. The van der Waals surface area contributed by atoms with E-state index >= 15 is 0 Å². The van der Waals surface area contributed by atoms with Gasteiger partial charge in [0.05, 0.1) is 6.61 Å². The van der Waals surface area contributed by atoms with Crippen LogP contribution in [0.3, 0.4) is 0 Å². The Balaban J connectivity index is 1.91. The molecule has 1 unspecified atom stereocenters. The van der Waals surface area contributed by atoms with Crippen molar-refractivity contribution >= 4 is 5.91 Å². The molecule has 2 rings (SSSR count). The van der Waals surface area contributed by atoms with Crippen LogP contribution < -0.4 is 4.74 Å². The lowest BCUT2D eigenvalue weighted by Gasteiger charge is -2.24. The van der Waals surface area contributed by atoms with Gasteiger partial charge >= 0.3 is 0 Å². The molecule has 0 saturated heterocycles. The van der Waals surface area contributed by atoms with Crippen LogP contribution in [-0.2, 0) is 11.3 Å². The number of carbonyl (C=O) groups excluding carboxylic acids is 1. The highest BCUT2D eigenvalue weighted by Crippen LogP contribution is 2.21. The Hall–Kier alpha value is -1.77. The Morgan fingerprint density at radius 3 is 2.65 bits per heavy atom. The quantitative estimate of drug-likeness (QED) is 0.770. The molecule has 1 aliphatic rings. The molecule has 1 aliphatic carbocycles. The smallest absolute Gasteiger partial charge is 0.226 e. The van der Waals surface area contributed by atoms with E-state index in [4.69, 9.17) is 4.74 Å². The van der Waals surface area contributed by atoms with Gasteiger partial charge in [0.25, 0.3) is 0 Å². The van der Waals surface area contributed by atoms with Crippen LogP contribution in [0.4, 0.5) is 0 Å². The molecule has 1 atom stereocenters. The third-order valence-electron chi connectivity index (χ3n) is 3.65. The summed E-state index contributed by atoms with van der Waals surface area (Å²) in [6, 6.07) is 7.96. The van der Waals surface area contributed by atoms with E-state index in [2.05, 4.69) is 12.2 Å². The minimum atomic E-state index is 0.160. The minimum absolute atomic E-state index is 0.160. The minimum Gasteiger partial charge on any atom is -0.494 e. The SMILES string of the molecule is CCOc1ccc(CN(C)C(=O)C2CC=CCC2)cc1. The molecule has 108 valence electrons. The summed E-state index contributed by atoms with van der Waals surface area (Å²) in [5, 5.41) is 0. The van der Waals surface area contributed by atoms with Crippen molar-refractivity contribution in [3.05, 3.63) is 42.0 Å². The van der Waals surface area contributed by atoms with Crippen molar-refractivity contribution in [2.24, 2.45) is 5.92 Å². The van der Waals surface area contributed by atoms with Crippen molar-refractivity contribution < 1.29 is 9.53 Å². The zero-order valence-electron chi connectivity index (χ0n) is 12.3. The monoisotopic (exact) mass is 273 g/mol. The largest absolute Gasteiger partial charge is 0.494 e. The van der Waals surface area contributed by atoms with Crippen molar-refractivity contribution in [3.63, 3.8) is 0 Å². The predicted molar refractivity (Wildman–Crippen MR) is 80.6 cm³/mol. The van der Waals surface area contributed by atoms with E-state index in [1.807, 2.05) is 43.1 Å². The first-order chi connectivity index (χ1) is 9.70. The number of nitrogens with zero attached hydrogens (tertiary/aromatic N) is 1. The maximum absolute atomic E-state index is 12.3. The van der Waals surface area contributed by atoms with Gasteiger partial charge in [0, 0.05) is 19.5 Å². The summed E-state index contributed by atoms with van der Waals surface area (Å²) in [4.78, 5) is 14.2. The topological polar surface area (TPSA) is 29.5 Å². The predicted octanol–water partition coefficient (Wildman–Crippen LogP) is 3.40. The number of benzene rings is 1. The van der Waals surface area contributed by atoms with Crippen LogP contribution in [0.15, 0.2) is 36.4 Å². The van der Waals surface area contributed by atoms with E-state index in [9.17, 15) is 4.79 Å². The third kappa shape index (κ3) is 3.86. The second-order valence-electron chi connectivity index (χ2n) is 5.25. The lowest BCUT2D eigenvalue weighted by molar-refractivity contribution is -0.135. The van der Waals surface area contributed by atoms with E-state index in [0.29, 0.717) is 13.2 Å². The maximum atomic E-state index is 12.3. The van der Waals surface area contributed by atoms with Crippen LogP contribution in [0, 0.1) is 5.92 Å². The molecule has 1 aromatic rings. The van der Waals surface area contributed by atoms with Gasteiger partial charge in [0.1, 0.15) is 5.75 Å². The summed E-state index contributed by atoms with van der Waals surface area (Å²) in [6.07, 6.45) is 7.16. The molecular formula is C17H23NO2. The van der Waals surface area contributed by atoms with Crippen molar-refractivity contribution in [2.45, 2.75) is 32.7 Å². The molecule has 0 aromatic heterocycles. The maximum Gasteiger partial charge on any atom is 0.226 e. The highest BCUT2D eigenvalue weighted by Gasteiger charge is 2.21. The lowest BCUT2D eigenvalue weighted by atomic mass is 9.93. The fourth-order valence-corrected chi connectivity index (χ4v) is 2.54. The summed E-state index contributed by atoms with van der Waals surface area (Å²) in [7, 11) is 1.89. The van der Waals surface area contributed by atoms with Crippen LogP contribution >= 0.6 is 0 Å². The Morgan fingerprint density at radius 2 is 2.05 bits per heavy atom. The Morgan fingerprint density at radius 1 is 1.30 bits per heavy atom. The van der Waals surface area contributed by atoms with E-state index in [-0.39, 0.29) is 11.8 Å². The summed E-state index contributed by atoms with van der Waals surface area (Å²) < 4.78 is 5.42. The van der Waals surface area contributed by atoms with Crippen molar-refractivity contribution in [1.29, 1.82) is 0 Å². The molecule has 0 bridgehead atoms. The lowest BCUT2D eigenvalue weighted by Crippen LogP contribution is -2.32. The Labute approximate surface area is 121 Å². The highest BCUT2D eigenvalue weighted by atomic mass is 16.5. The first-order valence-corrected chi connectivity index (χ1v) is 7.32. The summed E-state index contributed by atoms with van der Waals surface area (Å²) >= 11 is 0. The van der Waals surface area contributed by atoms with Crippen LogP contribution in [0.1, 0.15) is 31.7 Å². The second kappa shape index (κ2) is 7.13. The number of hydrogen-bond acceptors (Lipinski definition) is 2. The Bertz CT molecular complexity index is 464. The molecular weight excluding hydrogens is 250 g/mol. The summed E-state index contributed by atoms with van der Waals surface area (Å²) in [5.74, 6) is 1.29. The summed E-state index contributed by atoms with van der Waals surface area (Å²) in [6.45, 7) is 3.30. The third-order valence-corrected chi connectivity index (χ3v) is 3.65. The van der Waals surface area contributed by atoms with Crippen LogP contribution in [0.2, 0.25) is 0 Å². The molecule has 0 radical (unpaired) electrons. The fourth-order valence-electron chi connectivity index (χ4n) is 2.54. The van der Waals surface area contributed by atoms with Gasteiger partial charge in [-0.2, -0.15) is 0 Å².